The average molecular weight is 322 g/mol. The van der Waals surface area contributed by atoms with Crippen LogP contribution in [0.1, 0.15) is 11.1 Å². The summed E-state index contributed by atoms with van der Waals surface area (Å²) in [7, 11) is 1.62. The Labute approximate surface area is 121 Å². The fourth-order valence-corrected chi connectivity index (χ4v) is 2.37. The molecule has 0 aliphatic heterocycles. The van der Waals surface area contributed by atoms with Crippen molar-refractivity contribution in [1.82, 2.24) is 0 Å². The van der Waals surface area contributed by atoms with E-state index in [9.17, 15) is 0 Å². The van der Waals surface area contributed by atoms with E-state index >= 15 is 0 Å². The number of rotatable bonds is 5. The first kappa shape index (κ1) is 13.9. The van der Waals surface area contributed by atoms with E-state index in [1.807, 2.05) is 42.5 Å². The summed E-state index contributed by atoms with van der Waals surface area (Å²) in [5.41, 5.74) is 7.79. The van der Waals surface area contributed by atoms with Crippen LogP contribution in [0.5, 0.6) is 11.5 Å². The quantitative estimate of drug-likeness (QED) is 0.916. The maximum Gasteiger partial charge on any atom is 0.176 e. The lowest BCUT2D eigenvalue weighted by Crippen LogP contribution is -2.03. The maximum absolute atomic E-state index is 5.86. The van der Waals surface area contributed by atoms with Crippen molar-refractivity contribution in [3.63, 3.8) is 0 Å². The summed E-state index contributed by atoms with van der Waals surface area (Å²) in [6, 6.07) is 13.8. The van der Waals surface area contributed by atoms with Crippen molar-refractivity contribution < 1.29 is 9.47 Å². The molecule has 0 aliphatic carbocycles. The minimum absolute atomic E-state index is 0.451. The van der Waals surface area contributed by atoms with Gasteiger partial charge in [-0.25, -0.2) is 0 Å². The highest BCUT2D eigenvalue weighted by Crippen LogP contribution is 2.38. The van der Waals surface area contributed by atoms with Gasteiger partial charge in [0.1, 0.15) is 6.61 Å². The molecule has 0 unspecified atom stereocenters. The maximum atomic E-state index is 5.86. The Morgan fingerprint density at radius 1 is 1.11 bits per heavy atom. The highest BCUT2D eigenvalue weighted by molar-refractivity contribution is 9.10. The summed E-state index contributed by atoms with van der Waals surface area (Å²) >= 11 is 3.52. The van der Waals surface area contributed by atoms with Gasteiger partial charge in [0.15, 0.2) is 11.5 Å². The molecule has 0 atom stereocenters. The lowest BCUT2D eigenvalue weighted by Gasteiger charge is -2.14. The van der Waals surface area contributed by atoms with Crippen molar-refractivity contribution in [3.05, 3.63) is 58.1 Å². The second-order valence-corrected chi connectivity index (χ2v) is 4.84. The molecule has 2 aromatic carbocycles. The molecule has 0 aliphatic rings. The van der Waals surface area contributed by atoms with Gasteiger partial charge in [0.25, 0.3) is 0 Å². The molecule has 19 heavy (non-hydrogen) atoms. The largest absolute Gasteiger partial charge is 0.493 e. The van der Waals surface area contributed by atoms with Gasteiger partial charge in [-0.05, 0) is 33.1 Å². The Kier molecular flexibility index (Phi) is 4.82. The fraction of sp³-hybridized carbons (Fsp3) is 0.200. The number of methoxy groups -OCH3 is 1. The highest BCUT2D eigenvalue weighted by atomic mass is 79.9. The zero-order valence-electron chi connectivity index (χ0n) is 10.7. The first-order valence-corrected chi connectivity index (χ1v) is 6.77. The van der Waals surface area contributed by atoms with Crippen molar-refractivity contribution in [2.45, 2.75) is 13.2 Å². The van der Waals surface area contributed by atoms with Crippen molar-refractivity contribution in [2.24, 2.45) is 5.73 Å². The van der Waals surface area contributed by atoms with Crippen molar-refractivity contribution >= 4 is 15.9 Å². The molecule has 0 bridgehead atoms. The second-order valence-electron chi connectivity index (χ2n) is 4.05. The van der Waals surface area contributed by atoms with Crippen LogP contribution < -0.4 is 15.2 Å². The van der Waals surface area contributed by atoms with Crippen LogP contribution in [0.4, 0.5) is 0 Å². The third-order valence-corrected chi connectivity index (χ3v) is 3.68. The fourth-order valence-electron chi connectivity index (χ4n) is 1.76. The molecule has 0 radical (unpaired) electrons. The molecule has 0 spiro atoms. The molecule has 100 valence electrons. The van der Waals surface area contributed by atoms with Gasteiger partial charge < -0.3 is 15.2 Å². The number of hydrogen-bond acceptors (Lipinski definition) is 3. The topological polar surface area (TPSA) is 44.5 Å². The summed E-state index contributed by atoms with van der Waals surface area (Å²) < 4.78 is 12.0. The van der Waals surface area contributed by atoms with E-state index in [1.165, 1.54) is 0 Å². The Balaban J connectivity index is 2.23. The third-order valence-electron chi connectivity index (χ3n) is 2.81. The van der Waals surface area contributed by atoms with Crippen LogP contribution >= 0.6 is 15.9 Å². The molecule has 2 N–H and O–H groups in total. The zero-order chi connectivity index (χ0) is 13.7. The molecular formula is C15H16BrNO2. The van der Waals surface area contributed by atoms with Crippen LogP contribution in [0.15, 0.2) is 46.9 Å². The smallest absolute Gasteiger partial charge is 0.176 e. The normalized spacial score (nSPS) is 10.3. The zero-order valence-corrected chi connectivity index (χ0v) is 12.3. The van der Waals surface area contributed by atoms with E-state index in [-0.39, 0.29) is 0 Å². The Morgan fingerprint density at radius 3 is 2.47 bits per heavy atom. The van der Waals surface area contributed by atoms with E-state index < -0.39 is 0 Å². The van der Waals surface area contributed by atoms with E-state index in [0.717, 1.165) is 15.6 Å². The highest BCUT2D eigenvalue weighted by Gasteiger charge is 2.12. The van der Waals surface area contributed by atoms with E-state index in [1.54, 1.807) is 7.11 Å². The molecule has 0 saturated carbocycles. The van der Waals surface area contributed by atoms with Gasteiger partial charge in [-0.2, -0.15) is 0 Å². The minimum atomic E-state index is 0.451. The summed E-state index contributed by atoms with van der Waals surface area (Å²) in [6.45, 7) is 0.941. The van der Waals surface area contributed by atoms with Crippen molar-refractivity contribution in [1.29, 1.82) is 0 Å². The number of benzene rings is 2. The summed E-state index contributed by atoms with van der Waals surface area (Å²) in [5.74, 6) is 1.38. The molecule has 2 rings (SSSR count). The third kappa shape index (κ3) is 3.28. The lowest BCUT2D eigenvalue weighted by atomic mass is 10.2. The van der Waals surface area contributed by atoms with Crippen molar-refractivity contribution in [3.8, 4) is 11.5 Å². The molecule has 0 fully saturated rings. The Bertz CT molecular complexity index is 543. The summed E-state index contributed by atoms with van der Waals surface area (Å²) in [5, 5.41) is 0. The van der Waals surface area contributed by atoms with Gasteiger partial charge >= 0.3 is 0 Å². The second kappa shape index (κ2) is 6.59. The van der Waals surface area contributed by atoms with E-state index in [2.05, 4.69) is 15.9 Å². The number of nitrogens with two attached hydrogens (primary N) is 1. The summed E-state index contributed by atoms with van der Waals surface area (Å²) in [4.78, 5) is 0. The molecule has 2 aromatic rings. The SMILES string of the molecule is COc1ccc(CN)c(Br)c1OCc1ccccc1. The van der Waals surface area contributed by atoms with Gasteiger partial charge in [0, 0.05) is 6.54 Å². The van der Waals surface area contributed by atoms with Gasteiger partial charge in [-0.3, -0.25) is 0 Å². The summed E-state index contributed by atoms with van der Waals surface area (Å²) in [6.07, 6.45) is 0. The number of hydrogen-bond donors (Lipinski definition) is 1. The van der Waals surface area contributed by atoms with Crippen LogP contribution in [0.2, 0.25) is 0 Å². The van der Waals surface area contributed by atoms with Gasteiger partial charge in [-0.15, -0.1) is 0 Å². The number of ether oxygens (including phenoxy) is 2. The molecule has 0 aromatic heterocycles. The molecule has 0 saturated heterocycles. The first-order valence-electron chi connectivity index (χ1n) is 5.98. The van der Waals surface area contributed by atoms with Crippen LogP contribution in [0, 0.1) is 0 Å². The lowest BCUT2D eigenvalue weighted by molar-refractivity contribution is 0.282. The molecule has 0 amide bonds. The van der Waals surface area contributed by atoms with Gasteiger partial charge in [-0.1, -0.05) is 36.4 Å². The molecular weight excluding hydrogens is 306 g/mol. The predicted octanol–water partition coefficient (Wildman–Crippen LogP) is 3.50. The first-order chi connectivity index (χ1) is 9.26. The minimum Gasteiger partial charge on any atom is -0.493 e. The van der Waals surface area contributed by atoms with Crippen molar-refractivity contribution in [2.75, 3.05) is 7.11 Å². The monoisotopic (exact) mass is 321 g/mol. The Hall–Kier alpha value is -1.52. The average Bonchev–Trinajstić information content (AvgIpc) is 2.46. The van der Waals surface area contributed by atoms with E-state index in [0.29, 0.717) is 24.7 Å². The van der Waals surface area contributed by atoms with Crippen LogP contribution in [0.3, 0.4) is 0 Å². The standard InChI is InChI=1S/C15H16BrNO2/c1-18-13-8-7-12(9-17)14(16)15(13)19-10-11-5-3-2-4-6-11/h2-8H,9-10,17H2,1H3. The molecule has 0 heterocycles. The Morgan fingerprint density at radius 2 is 1.84 bits per heavy atom. The predicted molar refractivity (Wildman–Crippen MR) is 79.4 cm³/mol. The molecule has 3 nitrogen and oxygen atoms in total. The van der Waals surface area contributed by atoms with Crippen LogP contribution in [-0.2, 0) is 13.2 Å². The van der Waals surface area contributed by atoms with Crippen LogP contribution in [-0.4, -0.2) is 7.11 Å². The van der Waals surface area contributed by atoms with Crippen LogP contribution in [0.25, 0.3) is 0 Å². The van der Waals surface area contributed by atoms with Gasteiger partial charge in [0.2, 0.25) is 0 Å². The van der Waals surface area contributed by atoms with E-state index in [4.69, 9.17) is 15.2 Å². The van der Waals surface area contributed by atoms with Gasteiger partial charge in [0.05, 0.1) is 11.6 Å². The molecule has 4 heteroatoms. The number of halogens is 1.